The first-order valence-corrected chi connectivity index (χ1v) is 20.8. The molecule has 8 aromatic rings. The predicted molar refractivity (Wildman–Crippen MR) is 264 cm³/mol. The normalized spacial score (nSPS) is 11.4. The van der Waals surface area contributed by atoms with E-state index in [1.807, 2.05) is 121 Å². The highest BCUT2D eigenvalue weighted by atomic mass is 16.5. The third-order valence-corrected chi connectivity index (χ3v) is 10.8. The van der Waals surface area contributed by atoms with Crippen molar-refractivity contribution in [1.29, 1.82) is 10.5 Å². The van der Waals surface area contributed by atoms with Crippen LogP contribution in [0.4, 0.5) is 34.1 Å². The highest BCUT2D eigenvalue weighted by molar-refractivity contribution is 6.03. The van der Waals surface area contributed by atoms with Crippen LogP contribution in [0.25, 0.3) is 35.5 Å². The van der Waals surface area contributed by atoms with Crippen molar-refractivity contribution in [3.8, 4) is 23.6 Å². The second-order valence-corrected chi connectivity index (χ2v) is 14.8. The highest BCUT2D eigenvalue weighted by Gasteiger charge is 2.15. The third-order valence-electron chi connectivity index (χ3n) is 10.8. The molecule has 0 aromatic heterocycles. The molecule has 0 spiro atoms. The maximum absolute atomic E-state index is 10.3. The van der Waals surface area contributed by atoms with Crippen molar-refractivity contribution in [1.82, 2.24) is 0 Å². The molecule has 0 amide bonds. The van der Waals surface area contributed by atoms with E-state index >= 15 is 0 Å². The summed E-state index contributed by atoms with van der Waals surface area (Å²) in [6.45, 7) is 0. The molecule has 8 rings (SSSR count). The minimum absolute atomic E-state index is 0.330. The average Bonchev–Trinajstić information content (AvgIpc) is 3.37. The van der Waals surface area contributed by atoms with Gasteiger partial charge in [0.25, 0.3) is 0 Å². The first-order chi connectivity index (χ1) is 31.5. The van der Waals surface area contributed by atoms with Gasteiger partial charge in [-0.15, -0.1) is 0 Å². The second kappa shape index (κ2) is 20.1. The fourth-order valence-electron chi connectivity index (χ4n) is 7.42. The van der Waals surface area contributed by atoms with Gasteiger partial charge in [0.2, 0.25) is 0 Å². The molecule has 0 aliphatic carbocycles. The zero-order chi connectivity index (χ0) is 44.1. The topological polar surface area (TPSA) is 72.5 Å². The molecule has 0 saturated heterocycles. The van der Waals surface area contributed by atoms with Gasteiger partial charge in [0, 0.05) is 34.1 Å². The molecule has 0 radical (unpaired) electrons. The molecular formula is C58H44N4O2. The number of rotatable bonds is 14. The number of methoxy groups -OCH3 is 2. The second-order valence-electron chi connectivity index (χ2n) is 14.8. The molecule has 6 nitrogen and oxygen atoms in total. The molecule has 0 bridgehead atoms. The number of allylic oxidation sites excluding steroid dienone is 2. The lowest BCUT2D eigenvalue weighted by Gasteiger charge is -2.25. The number of hydrogen-bond donors (Lipinski definition) is 0. The van der Waals surface area contributed by atoms with Crippen molar-refractivity contribution in [3.63, 3.8) is 0 Å². The van der Waals surface area contributed by atoms with Crippen LogP contribution in [0, 0.1) is 22.7 Å². The van der Waals surface area contributed by atoms with Gasteiger partial charge in [-0.1, -0.05) is 133 Å². The highest BCUT2D eigenvalue weighted by Crippen LogP contribution is 2.37. The predicted octanol–water partition coefficient (Wildman–Crippen LogP) is 14.9. The van der Waals surface area contributed by atoms with Crippen molar-refractivity contribution >= 4 is 69.6 Å². The number of ether oxygens (including phenoxy) is 2. The lowest BCUT2D eigenvalue weighted by molar-refractivity contribution is 0.414. The third kappa shape index (κ3) is 9.85. The summed E-state index contributed by atoms with van der Waals surface area (Å²) in [6.07, 6.45) is 8.21. The number of nitriles is 2. The summed E-state index contributed by atoms with van der Waals surface area (Å²) >= 11 is 0. The zero-order valence-electron chi connectivity index (χ0n) is 35.5. The molecule has 0 aliphatic heterocycles. The number of nitrogens with zero attached hydrogens (tertiary/aromatic N) is 4. The largest absolute Gasteiger partial charge is 0.497 e. The van der Waals surface area contributed by atoms with Crippen LogP contribution in [-0.4, -0.2) is 14.2 Å². The van der Waals surface area contributed by atoms with Gasteiger partial charge in [-0.05, 0) is 130 Å². The molecule has 64 heavy (non-hydrogen) atoms. The van der Waals surface area contributed by atoms with E-state index in [-0.39, 0.29) is 0 Å². The van der Waals surface area contributed by atoms with Crippen LogP contribution >= 0.6 is 0 Å². The first-order valence-electron chi connectivity index (χ1n) is 20.8. The summed E-state index contributed by atoms with van der Waals surface area (Å²) in [5.74, 6) is 1.62. The SMILES string of the molecule is COc1ccc(N(c2ccccc2)c2ccc(/C=C/c3ccc(/C(C#N)=C(\C#N)c4ccc(/C=C/c5ccc(N(c6ccccc6)c6ccc(OC)cc6)cc5)cc4)cc3)cc2)cc1. The number of anilines is 6. The average molecular weight is 829 g/mol. The van der Waals surface area contributed by atoms with Crippen molar-refractivity contribution in [2.75, 3.05) is 24.0 Å². The molecule has 308 valence electrons. The molecule has 8 aromatic carbocycles. The van der Waals surface area contributed by atoms with E-state index in [4.69, 9.17) is 9.47 Å². The molecule has 0 unspecified atom stereocenters. The standard InChI is InChI=1S/C58H44N4O2/c1-63-55-37-33-53(34-38-55)61(49-9-5-3-6-10-49)51-29-21-45(22-30-51)15-13-43-17-25-47(26-18-43)57(41-59)58(42-60)48-27-19-44(20-28-48)14-16-46-23-31-52(32-24-46)62(50-11-7-4-8-12-50)54-35-39-56(64-2)40-36-54/h3-40H,1-2H3/b15-13+,16-14+,58-57+. The van der Waals surface area contributed by atoms with Crippen LogP contribution in [0.2, 0.25) is 0 Å². The first kappa shape index (κ1) is 41.9. The van der Waals surface area contributed by atoms with Crippen LogP contribution in [0.3, 0.4) is 0 Å². The van der Waals surface area contributed by atoms with Crippen LogP contribution < -0.4 is 19.3 Å². The molecule has 0 aliphatic rings. The summed E-state index contributed by atoms with van der Waals surface area (Å²) in [5, 5.41) is 20.5. The Kier molecular flexibility index (Phi) is 13.2. The van der Waals surface area contributed by atoms with E-state index in [0.717, 1.165) is 67.9 Å². The Bertz CT molecular complexity index is 2760. The van der Waals surface area contributed by atoms with E-state index in [1.165, 1.54) is 0 Å². The summed E-state index contributed by atoms with van der Waals surface area (Å²) < 4.78 is 10.8. The maximum atomic E-state index is 10.3. The van der Waals surface area contributed by atoms with Crippen LogP contribution in [0.5, 0.6) is 11.5 Å². The Hall–Kier alpha value is -8.84. The van der Waals surface area contributed by atoms with Crippen molar-refractivity contribution in [3.05, 3.63) is 240 Å². The number of hydrogen-bond acceptors (Lipinski definition) is 6. The minimum atomic E-state index is 0.330. The Balaban J connectivity index is 0.938. The molecular weight excluding hydrogens is 785 g/mol. The number of benzene rings is 8. The van der Waals surface area contributed by atoms with Crippen molar-refractivity contribution in [2.24, 2.45) is 0 Å². The zero-order valence-corrected chi connectivity index (χ0v) is 35.5. The van der Waals surface area contributed by atoms with Crippen molar-refractivity contribution in [2.45, 2.75) is 0 Å². The molecule has 0 fully saturated rings. The summed E-state index contributed by atoms with van der Waals surface area (Å²) in [4.78, 5) is 4.42. The minimum Gasteiger partial charge on any atom is -0.497 e. The fourth-order valence-corrected chi connectivity index (χ4v) is 7.42. The maximum Gasteiger partial charge on any atom is 0.119 e. The Morgan fingerprint density at radius 2 is 0.594 bits per heavy atom. The van der Waals surface area contributed by atoms with Gasteiger partial charge in [-0.25, -0.2) is 0 Å². The molecule has 0 N–H and O–H groups in total. The lowest BCUT2D eigenvalue weighted by atomic mass is 9.95. The Labute approximate surface area is 375 Å². The van der Waals surface area contributed by atoms with Gasteiger partial charge in [0.05, 0.1) is 25.4 Å². The Morgan fingerprint density at radius 1 is 0.344 bits per heavy atom. The van der Waals surface area contributed by atoms with E-state index in [1.54, 1.807) is 14.2 Å². The van der Waals surface area contributed by atoms with E-state index in [9.17, 15) is 10.5 Å². The van der Waals surface area contributed by atoms with Crippen LogP contribution in [-0.2, 0) is 0 Å². The van der Waals surface area contributed by atoms with Gasteiger partial charge in [0.15, 0.2) is 0 Å². The van der Waals surface area contributed by atoms with E-state index in [2.05, 4.69) is 131 Å². The molecule has 6 heteroatoms. The van der Waals surface area contributed by atoms with E-state index < -0.39 is 0 Å². The Morgan fingerprint density at radius 3 is 0.859 bits per heavy atom. The summed E-state index contributed by atoms with van der Waals surface area (Å²) in [5.41, 5.74) is 12.3. The molecule has 0 saturated carbocycles. The van der Waals surface area contributed by atoms with Crippen LogP contribution in [0.1, 0.15) is 33.4 Å². The fraction of sp³-hybridized carbons (Fsp3) is 0.0345. The van der Waals surface area contributed by atoms with Gasteiger partial charge in [0.1, 0.15) is 23.6 Å². The summed E-state index contributed by atoms with van der Waals surface area (Å²) in [7, 11) is 3.34. The number of para-hydroxylation sites is 2. The lowest BCUT2D eigenvalue weighted by Crippen LogP contribution is -2.09. The molecule has 0 heterocycles. The van der Waals surface area contributed by atoms with Gasteiger partial charge in [-0.2, -0.15) is 10.5 Å². The monoisotopic (exact) mass is 828 g/mol. The quantitative estimate of drug-likeness (QED) is 0.0803. The smallest absolute Gasteiger partial charge is 0.119 e. The molecule has 0 atom stereocenters. The van der Waals surface area contributed by atoms with Crippen LogP contribution in [0.15, 0.2) is 206 Å². The van der Waals surface area contributed by atoms with E-state index in [0.29, 0.717) is 22.3 Å². The van der Waals surface area contributed by atoms with Gasteiger partial charge in [-0.3, -0.25) is 0 Å². The van der Waals surface area contributed by atoms with Gasteiger partial charge < -0.3 is 19.3 Å². The van der Waals surface area contributed by atoms with Gasteiger partial charge >= 0.3 is 0 Å². The van der Waals surface area contributed by atoms with Crippen molar-refractivity contribution < 1.29 is 9.47 Å². The summed E-state index contributed by atoms with van der Waals surface area (Å²) in [6, 6.07) is 73.5.